The summed E-state index contributed by atoms with van der Waals surface area (Å²) in [5.41, 5.74) is 1.78. The van der Waals surface area contributed by atoms with Crippen molar-refractivity contribution in [3.63, 3.8) is 0 Å². The Morgan fingerprint density at radius 1 is 1.24 bits per heavy atom. The molecule has 0 bridgehead atoms. The Balaban J connectivity index is 1.57. The first-order chi connectivity index (χ1) is 15.9. The van der Waals surface area contributed by atoms with E-state index in [1.54, 1.807) is 35.9 Å². The first kappa shape index (κ1) is 23.8. The Labute approximate surface area is 203 Å². The maximum atomic E-state index is 14.6. The number of ketones is 1. The molecule has 4 rings (SSSR count). The van der Waals surface area contributed by atoms with Crippen molar-refractivity contribution in [3.05, 3.63) is 52.1 Å². The molecule has 0 spiro atoms. The lowest BCUT2D eigenvalue weighted by atomic mass is 9.87. The minimum atomic E-state index is -1.48. The molecule has 33 heavy (non-hydrogen) atoms. The van der Waals surface area contributed by atoms with Crippen LogP contribution in [0.2, 0.25) is 0 Å². The van der Waals surface area contributed by atoms with E-state index in [-0.39, 0.29) is 10.8 Å². The number of aryl methyl sites for hydroxylation is 1. The molecular weight excluding hydrogens is 464 g/mol. The van der Waals surface area contributed by atoms with Crippen LogP contribution in [0.5, 0.6) is 5.75 Å². The molecule has 176 valence electrons. The Bertz CT molecular complexity index is 1130. The number of methoxy groups -OCH3 is 1. The third kappa shape index (κ3) is 5.12. The molecular formula is C25H28Cl2FN3O2. The van der Waals surface area contributed by atoms with Gasteiger partial charge in [0.1, 0.15) is 11.8 Å². The lowest BCUT2D eigenvalue weighted by Crippen LogP contribution is -2.34. The molecule has 8 heteroatoms. The number of halogens is 3. The summed E-state index contributed by atoms with van der Waals surface area (Å²) in [6.07, 6.45) is 12.4. The highest BCUT2D eigenvalue weighted by molar-refractivity contribution is 6.33. The van der Waals surface area contributed by atoms with Crippen LogP contribution in [0, 0.1) is 5.92 Å². The minimum absolute atomic E-state index is 0.0743. The summed E-state index contributed by atoms with van der Waals surface area (Å²) < 4.78 is 21.9. The molecule has 0 amide bonds. The predicted molar refractivity (Wildman–Crippen MR) is 132 cm³/mol. The average Bonchev–Trinajstić information content (AvgIpc) is 3.13. The summed E-state index contributed by atoms with van der Waals surface area (Å²) in [6, 6.07) is 2.64. The van der Waals surface area contributed by atoms with Gasteiger partial charge in [0.05, 0.1) is 28.7 Å². The van der Waals surface area contributed by atoms with Crippen molar-refractivity contribution in [2.75, 3.05) is 12.4 Å². The number of hydrogen-bond donors (Lipinski definition) is 1. The number of anilines is 1. The Hall–Kier alpha value is -2.31. The lowest BCUT2D eigenvalue weighted by Gasteiger charge is -2.24. The highest BCUT2D eigenvalue weighted by atomic mass is 35.5. The highest BCUT2D eigenvalue weighted by Crippen LogP contribution is 2.33. The molecule has 1 N–H and O–H groups in total. The first-order valence-corrected chi connectivity index (χ1v) is 12.0. The fraction of sp³-hybridized carbons (Fsp3) is 0.440. The predicted octanol–water partition coefficient (Wildman–Crippen LogP) is 6.67. The molecule has 2 atom stereocenters. The second-order valence-electron chi connectivity index (χ2n) is 8.67. The number of rotatable bonds is 7. The molecule has 0 aliphatic heterocycles. The van der Waals surface area contributed by atoms with Gasteiger partial charge in [-0.05, 0) is 36.6 Å². The summed E-state index contributed by atoms with van der Waals surface area (Å²) in [5.74, 6) is 1.42. The van der Waals surface area contributed by atoms with Gasteiger partial charge in [-0.1, -0.05) is 61.4 Å². The van der Waals surface area contributed by atoms with Crippen molar-refractivity contribution >= 4 is 46.0 Å². The zero-order chi connectivity index (χ0) is 23.5. The minimum Gasteiger partial charge on any atom is -0.496 e. The van der Waals surface area contributed by atoms with Crippen LogP contribution in [0.25, 0.3) is 11.0 Å². The number of fused-ring (bicyclic) bond motifs is 1. The molecule has 1 heterocycles. The fourth-order valence-corrected chi connectivity index (χ4v) is 4.94. The van der Waals surface area contributed by atoms with Crippen molar-refractivity contribution in [2.24, 2.45) is 13.0 Å². The van der Waals surface area contributed by atoms with Crippen molar-refractivity contribution < 1.29 is 13.9 Å². The number of allylic oxidation sites excluding steroid dienone is 4. The summed E-state index contributed by atoms with van der Waals surface area (Å²) in [7, 11) is 3.33. The molecule has 5 nitrogen and oxygen atoms in total. The number of ether oxygens (including phenoxy) is 1. The number of benzene rings is 1. The zero-order valence-corrected chi connectivity index (χ0v) is 20.3. The van der Waals surface area contributed by atoms with Gasteiger partial charge < -0.3 is 14.6 Å². The van der Waals surface area contributed by atoms with Gasteiger partial charge in [0.2, 0.25) is 5.95 Å². The van der Waals surface area contributed by atoms with Crippen LogP contribution in [0.1, 0.15) is 48.9 Å². The van der Waals surface area contributed by atoms with Crippen LogP contribution < -0.4 is 10.1 Å². The quantitative estimate of drug-likeness (QED) is 0.347. The van der Waals surface area contributed by atoms with E-state index in [0.717, 1.165) is 11.9 Å². The third-order valence-electron chi connectivity index (χ3n) is 6.47. The van der Waals surface area contributed by atoms with E-state index in [0.29, 0.717) is 33.7 Å². The van der Waals surface area contributed by atoms with Crippen LogP contribution in [0.15, 0.2) is 46.5 Å². The summed E-state index contributed by atoms with van der Waals surface area (Å²) in [4.78, 5) is 17.5. The van der Waals surface area contributed by atoms with Gasteiger partial charge in [-0.2, -0.15) is 0 Å². The topological polar surface area (TPSA) is 56.1 Å². The van der Waals surface area contributed by atoms with Crippen molar-refractivity contribution in [1.82, 2.24) is 9.55 Å². The van der Waals surface area contributed by atoms with Gasteiger partial charge in [0.25, 0.3) is 0 Å². The molecule has 0 saturated heterocycles. The van der Waals surface area contributed by atoms with Gasteiger partial charge in [-0.25, -0.2) is 9.37 Å². The second kappa shape index (κ2) is 10.3. The summed E-state index contributed by atoms with van der Waals surface area (Å²) >= 11 is 12.2. The number of nitrogens with one attached hydrogen (secondary N) is 1. The molecule has 2 aromatic rings. The van der Waals surface area contributed by atoms with Crippen molar-refractivity contribution in [3.8, 4) is 5.75 Å². The van der Waals surface area contributed by atoms with E-state index in [9.17, 15) is 9.18 Å². The second-order valence-corrected chi connectivity index (χ2v) is 9.54. The molecule has 0 radical (unpaired) electrons. The van der Waals surface area contributed by atoms with Gasteiger partial charge in [-0.3, -0.25) is 4.79 Å². The largest absolute Gasteiger partial charge is 0.496 e. The van der Waals surface area contributed by atoms with Gasteiger partial charge in [-0.15, -0.1) is 0 Å². The van der Waals surface area contributed by atoms with Crippen LogP contribution in [-0.2, 0) is 7.05 Å². The maximum Gasteiger partial charge on any atom is 0.204 e. The van der Waals surface area contributed by atoms with E-state index in [2.05, 4.69) is 10.3 Å². The van der Waals surface area contributed by atoms with Crippen LogP contribution in [0.3, 0.4) is 0 Å². The number of carbonyl (C=O) groups is 1. The molecule has 1 aromatic heterocycles. The molecule has 2 aliphatic carbocycles. The van der Waals surface area contributed by atoms with Gasteiger partial charge in [0, 0.05) is 18.1 Å². The first-order valence-electron chi connectivity index (χ1n) is 11.3. The molecule has 1 saturated carbocycles. The van der Waals surface area contributed by atoms with E-state index in [4.69, 9.17) is 27.9 Å². The monoisotopic (exact) mass is 491 g/mol. The molecule has 1 fully saturated rings. The Morgan fingerprint density at radius 3 is 2.70 bits per heavy atom. The molecule has 2 aliphatic rings. The van der Waals surface area contributed by atoms with Crippen LogP contribution in [0.4, 0.5) is 10.3 Å². The van der Waals surface area contributed by atoms with E-state index >= 15 is 0 Å². The standard InChI is InChI=1S/C25H28Cl2FN3O2/c1-31-20-14-22(33-2)16(21(32)10-6-9-15-7-4-3-5-8-15)13-19(20)29-25(31)30-24-18(27)12-11-17(26)23(24)28/h6,10-15,23-24H,3-5,7-9H2,1-2H3,(H,29,30). The van der Waals surface area contributed by atoms with E-state index in [1.165, 1.54) is 45.3 Å². The number of imidazole rings is 1. The Kier molecular flexibility index (Phi) is 7.45. The Morgan fingerprint density at radius 2 is 1.97 bits per heavy atom. The molecule has 1 aromatic carbocycles. The van der Waals surface area contributed by atoms with Crippen LogP contribution >= 0.6 is 23.2 Å². The fourth-order valence-electron chi connectivity index (χ4n) is 4.52. The average molecular weight is 492 g/mol. The lowest BCUT2D eigenvalue weighted by molar-refractivity contribution is 0.104. The van der Waals surface area contributed by atoms with E-state index < -0.39 is 12.2 Å². The molecule has 2 unspecified atom stereocenters. The summed E-state index contributed by atoms with van der Waals surface area (Å²) in [6.45, 7) is 0. The summed E-state index contributed by atoms with van der Waals surface area (Å²) in [5, 5.41) is 3.41. The third-order valence-corrected chi connectivity index (χ3v) is 7.17. The SMILES string of the molecule is COc1cc2c(cc1C(=O)C=CCC1CCCCC1)nc(NC1C(Cl)=CC=C(Cl)C1F)n2C. The number of aromatic nitrogens is 2. The van der Waals surface area contributed by atoms with Crippen LogP contribution in [-0.4, -0.2) is 34.7 Å². The van der Waals surface area contributed by atoms with Crippen molar-refractivity contribution in [1.29, 1.82) is 0 Å². The van der Waals surface area contributed by atoms with Crippen molar-refractivity contribution in [2.45, 2.75) is 50.7 Å². The number of hydrogen-bond acceptors (Lipinski definition) is 4. The normalized spacial score (nSPS) is 21.8. The van der Waals surface area contributed by atoms with Gasteiger partial charge >= 0.3 is 0 Å². The number of alkyl halides is 1. The smallest absolute Gasteiger partial charge is 0.204 e. The zero-order valence-electron chi connectivity index (χ0n) is 18.8. The van der Waals surface area contributed by atoms with E-state index in [1.807, 2.05) is 6.08 Å². The number of carbonyl (C=O) groups excluding carboxylic acids is 1. The van der Waals surface area contributed by atoms with Gasteiger partial charge in [0.15, 0.2) is 12.0 Å². The highest BCUT2D eigenvalue weighted by Gasteiger charge is 2.30. The number of nitrogens with zero attached hydrogens (tertiary/aromatic N) is 2. The maximum absolute atomic E-state index is 14.6.